The summed E-state index contributed by atoms with van der Waals surface area (Å²) < 4.78 is 51.1. The lowest BCUT2D eigenvalue weighted by Gasteiger charge is -2.17. The maximum absolute atomic E-state index is 13.2. The molecule has 1 aromatic carbocycles. The molecule has 0 saturated carbocycles. The van der Waals surface area contributed by atoms with Crippen molar-refractivity contribution in [3.8, 4) is 0 Å². The Morgan fingerprint density at radius 1 is 1.19 bits per heavy atom. The van der Waals surface area contributed by atoms with E-state index in [1.807, 2.05) is 0 Å². The first-order chi connectivity index (χ1) is 9.80. The van der Waals surface area contributed by atoms with Gasteiger partial charge in [-0.3, -0.25) is 9.69 Å². The maximum Gasteiger partial charge on any atom is 0.419 e. The van der Waals surface area contributed by atoms with Gasteiger partial charge in [0.25, 0.3) is 5.91 Å². The van der Waals surface area contributed by atoms with E-state index in [0.717, 1.165) is 11.0 Å². The Balaban J connectivity index is 2.36. The minimum absolute atomic E-state index is 0.267. The molecule has 1 aromatic heterocycles. The molecule has 21 heavy (non-hydrogen) atoms. The fourth-order valence-electron chi connectivity index (χ4n) is 1.73. The minimum Gasteiger partial charge on any atom is -0.296 e. The summed E-state index contributed by atoms with van der Waals surface area (Å²) in [5, 5.41) is 0. The lowest BCUT2D eigenvalue weighted by atomic mass is 10.1. The van der Waals surface area contributed by atoms with Crippen molar-refractivity contribution in [2.75, 3.05) is 11.9 Å². The van der Waals surface area contributed by atoms with Crippen LogP contribution in [-0.4, -0.2) is 17.9 Å². The van der Waals surface area contributed by atoms with E-state index >= 15 is 0 Å². The first kappa shape index (κ1) is 15.0. The number of hydrogen-bond donors (Lipinski definition) is 0. The van der Waals surface area contributed by atoms with Crippen molar-refractivity contribution in [2.24, 2.45) is 0 Å². The van der Waals surface area contributed by atoms with Crippen molar-refractivity contribution >= 4 is 11.7 Å². The van der Waals surface area contributed by atoms with Gasteiger partial charge in [-0.1, -0.05) is 6.07 Å². The summed E-state index contributed by atoms with van der Waals surface area (Å²) in [6.45, 7) is 0. The van der Waals surface area contributed by atoms with Crippen LogP contribution in [0.1, 0.15) is 15.9 Å². The molecule has 1 heterocycles. The van der Waals surface area contributed by atoms with E-state index in [1.54, 1.807) is 12.1 Å². The number of nitrogens with zero attached hydrogens (tertiary/aromatic N) is 2. The predicted octanol–water partition coefficient (Wildman–Crippen LogP) is 3.52. The zero-order chi connectivity index (χ0) is 15.6. The Labute approximate surface area is 117 Å². The largest absolute Gasteiger partial charge is 0.419 e. The number of pyridine rings is 1. The lowest BCUT2D eigenvalue weighted by molar-refractivity contribution is -0.140. The molecule has 0 N–H and O–H groups in total. The molecular weight excluding hydrogens is 288 g/mol. The molecule has 0 atom stereocenters. The SMILES string of the molecule is CN(C(=O)c1ccc(F)c(C(F)(F)F)c1)c1ccccn1. The summed E-state index contributed by atoms with van der Waals surface area (Å²) in [6.07, 6.45) is -3.41. The molecule has 0 radical (unpaired) electrons. The van der Waals surface area contributed by atoms with Gasteiger partial charge in [-0.25, -0.2) is 9.37 Å². The van der Waals surface area contributed by atoms with Crippen molar-refractivity contribution < 1.29 is 22.4 Å². The van der Waals surface area contributed by atoms with Crippen molar-refractivity contribution in [3.63, 3.8) is 0 Å². The first-order valence-electron chi connectivity index (χ1n) is 5.86. The highest BCUT2D eigenvalue weighted by Crippen LogP contribution is 2.32. The fourth-order valence-corrected chi connectivity index (χ4v) is 1.73. The molecule has 0 saturated heterocycles. The minimum atomic E-state index is -4.86. The Morgan fingerprint density at radius 2 is 1.90 bits per heavy atom. The second-order valence-corrected chi connectivity index (χ2v) is 4.24. The molecule has 1 amide bonds. The molecule has 0 aliphatic rings. The van der Waals surface area contributed by atoms with E-state index in [9.17, 15) is 22.4 Å². The molecule has 0 unspecified atom stereocenters. The molecule has 0 aliphatic heterocycles. The van der Waals surface area contributed by atoms with E-state index in [2.05, 4.69) is 4.98 Å². The Kier molecular flexibility index (Phi) is 3.93. The number of amides is 1. The van der Waals surface area contributed by atoms with Gasteiger partial charge in [-0.05, 0) is 30.3 Å². The van der Waals surface area contributed by atoms with Crippen LogP contribution in [0, 0.1) is 5.82 Å². The molecule has 0 aliphatic carbocycles. The number of halogens is 4. The quantitative estimate of drug-likeness (QED) is 0.795. The zero-order valence-electron chi connectivity index (χ0n) is 10.9. The molecular formula is C14H10F4N2O. The van der Waals surface area contributed by atoms with Gasteiger partial charge in [0.15, 0.2) is 0 Å². The molecule has 2 aromatic rings. The van der Waals surface area contributed by atoms with Gasteiger partial charge in [0.2, 0.25) is 0 Å². The second kappa shape index (κ2) is 5.51. The number of anilines is 1. The molecule has 0 bridgehead atoms. The monoisotopic (exact) mass is 298 g/mol. The van der Waals surface area contributed by atoms with Gasteiger partial charge in [-0.15, -0.1) is 0 Å². The van der Waals surface area contributed by atoms with Gasteiger partial charge in [0.05, 0.1) is 5.56 Å². The summed E-state index contributed by atoms with van der Waals surface area (Å²) in [4.78, 5) is 17.1. The third kappa shape index (κ3) is 3.18. The third-order valence-corrected chi connectivity index (χ3v) is 2.82. The highest BCUT2D eigenvalue weighted by atomic mass is 19.4. The molecule has 2 rings (SSSR count). The van der Waals surface area contributed by atoms with Crippen LogP contribution in [0.25, 0.3) is 0 Å². The van der Waals surface area contributed by atoms with Crippen molar-refractivity contribution in [1.82, 2.24) is 4.98 Å². The molecule has 0 fully saturated rings. The highest BCUT2D eigenvalue weighted by Gasteiger charge is 2.35. The number of carbonyl (C=O) groups is 1. The Morgan fingerprint density at radius 3 is 2.48 bits per heavy atom. The van der Waals surface area contributed by atoms with E-state index in [0.29, 0.717) is 12.1 Å². The van der Waals surface area contributed by atoms with E-state index in [4.69, 9.17) is 0 Å². The number of rotatable bonds is 2. The number of benzene rings is 1. The van der Waals surface area contributed by atoms with Crippen LogP contribution in [-0.2, 0) is 6.18 Å². The van der Waals surface area contributed by atoms with Gasteiger partial charge in [-0.2, -0.15) is 13.2 Å². The second-order valence-electron chi connectivity index (χ2n) is 4.24. The van der Waals surface area contributed by atoms with Gasteiger partial charge >= 0.3 is 6.18 Å². The normalized spacial score (nSPS) is 11.3. The van der Waals surface area contributed by atoms with Crippen LogP contribution in [0.2, 0.25) is 0 Å². The zero-order valence-corrected chi connectivity index (χ0v) is 10.9. The summed E-state index contributed by atoms with van der Waals surface area (Å²) in [6, 6.07) is 6.94. The smallest absolute Gasteiger partial charge is 0.296 e. The van der Waals surface area contributed by atoms with E-state index < -0.39 is 23.5 Å². The van der Waals surface area contributed by atoms with Crippen LogP contribution in [0.3, 0.4) is 0 Å². The highest BCUT2D eigenvalue weighted by molar-refractivity contribution is 6.05. The van der Waals surface area contributed by atoms with Crippen molar-refractivity contribution in [2.45, 2.75) is 6.18 Å². The Hall–Kier alpha value is -2.44. The number of carbonyl (C=O) groups excluding carboxylic acids is 1. The molecule has 0 spiro atoms. The third-order valence-electron chi connectivity index (χ3n) is 2.82. The molecule has 110 valence electrons. The standard InChI is InChI=1S/C14H10F4N2O/c1-20(12-4-2-3-7-19-12)13(21)9-5-6-11(15)10(8-9)14(16,17)18/h2-8H,1H3. The summed E-state index contributed by atoms with van der Waals surface area (Å²) in [5.74, 6) is -1.85. The summed E-state index contributed by atoms with van der Waals surface area (Å²) in [5.41, 5.74) is -1.74. The topological polar surface area (TPSA) is 33.2 Å². The van der Waals surface area contributed by atoms with Crippen LogP contribution < -0.4 is 4.90 Å². The number of hydrogen-bond acceptors (Lipinski definition) is 2. The van der Waals surface area contributed by atoms with Crippen LogP contribution in [0.4, 0.5) is 23.4 Å². The van der Waals surface area contributed by atoms with Crippen molar-refractivity contribution in [3.05, 3.63) is 59.5 Å². The summed E-state index contributed by atoms with van der Waals surface area (Å²) in [7, 11) is 1.38. The predicted molar refractivity (Wildman–Crippen MR) is 68.4 cm³/mol. The summed E-state index contributed by atoms with van der Waals surface area (Å²) >= 11 is 0. The van der Waals surface area contributed by atoms with Crippen LogP contribution in [0.5, 0.6) is 0 Å². The van der Waals surface area contributed by atoms with Crippen LogP contribution >= 0.6 is 0 Å². The Bertz CT molecular complexity index is 656. The molecule has 3 nitrogen and oxygen atoms in total. The lowest BCUT2D eigenvalue weighted by Crippen LogP contribution is -2.27. The molecule has 7 heteroatoms. The fraction of sp³-hybridized carbons (Fsp3) is 0.143. The van der Waals surface area contributed by atoms with E-state index in [-0.39, 0.29) is 11.4 Å². The maximum atomic E-state index is 13.2. The van der Waals surface area contributed by atoms with E-state index in [1.165, 1.54) is 19.3 Å². The first-order valence-corrected chi connectivity index (χ1v) is 5.86. The van der Waals surface area contributed by atoms with Crippen LogP contribution in [0.15, 0.2) is 42.6 Å². The van der Waals surface area contributed by atoms with Gasteiger partial charge < -0.3 is 0 Å². The van der Waals surface area contributed by atoms with Gasteiger partial charge in [0, 0.05) is 18.8 Å². The van der Waals surface area contributed by atoms with Crippen molar-refractivity contribution in [1.29, 1.82) is 0 Å². The number of alkyl halides is 3. The average molecular weight is 298 g/mol. The number of aromatic nitrogens is 1. The van der Waals surface area contributed by atoms with Gasteiger partial charge in [0.1, 0.15) is 11.6 Å². The average Bonchev–Trinajstić information content (AvgIpc) is 2.46.